The van der Waals surface area contributed by atoms with Crippen LogP contribution in [0.2, 0.25) is 0 Å². The fourth-order valence-electron chi connectivity index (χ4n) is 2.63. The van der Waals surface area contributed by atoms with Crippen LogP contribution in [0.4, 0.5) is 5.69 Å². The van der Waals surface area contributed by atoms with Gasteiger partial charge in [-0.1, -0.05) is 23.8 Å². The van der Waals surface area contributed by atoms with Crippen molar-refractivity contribution >= 4 is 34.8 Å². The van der Waals surface area contributed by atoms with Crippen molar-refractivity contribution in [1.29, 1.82) is 0 Å². The summed E-state index contributed by atoms with van der Waals surface area (Å²) >= 11 is 1.16. The number of carbonyl (C=O) groups excluding carboxylic acids is 3. The van der Waals surface area contributed by atoms with Crippen LogP contribution in [0.5, 0.6) is 0 Å². The fraction of sp³-hybridized carbons (Fsp3) is 0.227. The summed E-state index contributed by atoms with van der Waals surface area (Å²) < 4.78 is 5.14. The molecule has 0 radical (unpaired) electrons. The van der Waals surface area contributed by atoms with Gasteiger partial charge in [-0.3, -0.25) is 14.6 Å². The van der Waals surface area contributed by atoms with E-state index in [1.54, 1.807) is 37.4 Å². The van der Waals surface area contributed by atoms with E-state index in [4.69, 9.17) is 4.74 Å². The number of aromatic nitrogens is 2. The van der Waals surface area contributed by atoms with Crippen molar-refractivity contribution in [2.24, 2.45) is 0 Å². The van der Waals surface area contributed by atoms with Gasteiger partial charge >= 0.3 is 5.97 Å². The topological polar surface area (TPSA) is 101 Å². The Morgan fingerprint density at radius 1 is 1.10 bits per heavy atom. The van der Waals surface area contributed by atoms with Crippen LogP contribution in [-0.4, -0.2) is 52.9 Å². The molecule has 2 heterocycles. The van der Waals surface area contributed by atoms with Crippen LogP contribution in [-0.2, 0) is 14.3 Å². The molecule has 0 aliphatic carbocycles. The predicted octanol–water partition coefficient (Wildman–Crippen LogP) is 3.08. The molecule has 2 aromatic heterocycles. The van der Waals surface area contributed by atoms with Gasteiger partial charge in [0.05, 0.1) is 17.9 Å². The predicted molar refractivity (Wildman–Crippen MR) is 118 cm³/mol. The lowest BCUT2D eigenvalue weighted by Gasteiger charge is -2.16. The molecule has 2 amide bonds. The summed E-state index contributed by atoms with van der Waals surface area (Å²) in [5, 5.41) is 3.32. The molecule has 8 nitrogen and oxygen atoms in total. The molecule has 0 unspecified atom stereocenters. The Morgan fingerprint density at radius 3 is 2.52 bits per heavy atom. The molecule has 0 aliphatic heterocycles. The zero-order valence-corrected chi connectivity index (χ0v) is 18.2. The highest BCUT2D eigenvalue weighted by Gasteiger charge is 2.20. The van der Waals surface area contributed by atoms with Gasteiger partial charge in [-0.15, -0.1) is 11.3 Å². The van der Waals surface area contributed by atoms with Gasteiger partial charge in [0.15, 0.2) is 6.61 Å². The summed E-state index contributed by atoms with van der Waals surface area (Å²) in [6, 6.07) is 12.8. The number of nitrogens with one attached hydrogen (secondary N) is 1. The van der Waals surface area contributed by atoms with Crippen molar-refractivity contribution < 1.29 is 19.1 Å². The molecule has 9 heteroatoms. The van der Waals surface area contributed by atoms with Gasteiger partial charge < -0.3 is 15.0 Å². The van der Waals surface area contributed by atoms with Gasteiger partial charge in [0.2, 0.25) is 5.91 Å². The number of amides is 2. The summed E-state index contributed by atoms with van der Waals surface area (Å²) in [5.74, 6) is -1.47. The van der Waals surface area contributed by atoms with Gasteiger partial charge in [0.1, 0.15) is 9.88 Å². The minimum Gasteiger partial charge on any atom is -0.451 e. The Kier molecular flexibility index (Phi) is 7.09. The first kappa shape index (κ1) is 22.1. The SMILES string of the molecule is Cc1ccc(NC(=O)CN(C)C(=O)COC(=O)c2sc(-c3ccccn3)nc2C)cc1. The smallest absolute Gasteiger partial charge is 0.350 e. The van der Waals surface area contributed by atoms with Crippen molar-refractivity contribution in [2.45, 2.75) is 13.8 Å². The second-order valence-electron chi connectivity index (χ2n) is 6.89. The highest BCUT2D eigenvalue weighted by molar-refractivity contribution is 7.17. The largest absolute Gasteiger partial charge is 0.451 e. The van der Waals surface area contributed by atoms with E-state index in [1.807, 2.05) is 25.1 Å². The van der Waals surface area contributed by atoms with Crippen LogP contribution in [0.1, 0.15) is 20.9 Å². The van der Waals surface area contributed by atoms with E-state index in [-0.39, 0.29) is 12.5 Å². The van der Waals surface area contributed by atoms with E-state index in [2.05, 4.69) is 15.3 Å². The Hall–Kier alpha value is -3.59. The maximum absolute atomic E-state index is 12.4. The van der Waals surface area contributed by atoms with Crippen LogP contribution in [0.3, 0.4) is 0 Å². The molecule has 160 valence electrons. The van der Waals surface area contributed by atoms with E-state index in [1.165, 1.54) is 11.9 Å². The maximum Gasteiger partial charge on any atom is 0.350 e. The van der Waals surface area contributed by atoms with Crippen molar-refractivity contribution in [3.05, 3.63) is 64.8 Å². The maximum atomic E-state index is 12.4. The molecule has 0 bridgehead atoms. The van der Waals surface area contributed by atoms with Crippen LogP contribution < -0.4 is 5.32 Å². The summed E-state index contributed by atoms with van der Waals surface area (Å²) in [6.45, 7) is 3.02. The number of likely N-dealkylation sites (N-methyl/N-ethyl adjacent to an activating group) is 1. The van der Waals surface area contributed by atoms with Crippen molar-refractivity contribution in [1.82, 2.24) is 14.9 Å². The Morgan fingerprint density at radius 2 is 1.84 bits per heavy atom. The fourth-order valence-corrected chi connectivity index (χ4v) is 3.57. The number of anilines is 1. The number of nitrogens with zero attached hydrogens (tertiary/aromatic N) is 3. The summed E-state index contributed by atoms with van der Waals surface area (Å²) in [4.78, 5) is 46.9. The highest BCUT2D eigenvalue weighted by Crippen LogP contribution is 2.26. The summed E-state index contributed by atoms with van der Waals surface area (Å²) in [6.07, 6.45) is 1.65. The average molecular weight is 439 g/mol. The normalized spacial score (nSPS) is 10.4. The van der Waals surface area contributed by atoms with Crippen LogP contribution in [0, 0.1) is 13.8 Å². The number of carbonyl (C=O) groups is 3. The molecule has 1 aromatic carbocycles. The second-order valence-corrected chi connectivity index (χ2v) is 7.89. The molecule has 0 saturated carbocycles. The van der Waals surface area contributed by atoms with E-state index < -0.39 is 18.5 Å². The lowest BCUT2D eigenvalue weighted by molar-refractivity contribution is -0.136. The van der Waals surface area contributed by atoms with E-state index in [9.17, 15) is 14.4 Å². The van der Waals surface area contributed by atoms with Gasteiger partial charge in [-0.2, -0.15) is 0 Å². The number of thiazole rings is 1. The first-order valence-corrected chi connectivity index (χ1v) is 10.3. The first-order chi connectivity index (χ1) is 14.8. The molecule has 0 saturated heterocycles. The van der Waals surface area contributed by atoms with Crippen molar-refractivity contribution in [2.75, 3.05) is 25.5 Å². The Balaban J connectivity index is 1.51. The average Bonchev–Trinajstić information content (AvgIpc) is 3.15. The van der Waals surface area contributed by atoms with E-state index in [0.717, 1.165) is 16.9 Å². The number of pyridine rings is 1. The number of benzene rings is 1. The number of ether oxygens (including phenoxy) is 1. The minimum absolute atomic E-state index is 0.159. The molecule has 1 N–H and O–H groups in total. The van der Waals surface area contributed by atoms with Gasteiger partial charge in [-0.25, -0.2) is 9.78 Å². The molecule has 0 aliphatic rings. The zero-order chi connectivity index (χ0) is 22.4. The number of hydrogen-bond donors (Lipinski definition) is 1. The molecule has 31 heavy (non-hydrogen) atoms. The van der Waals surface area contributed by atoms with Gasteiger partial charge in [-0.05, 0) is 38.1 Å². The third kappa shape index (κ3) is 5.95. The molecule has 0 fully saturated rings. The lowest BCUT2D eigenvalue weighted by atomic mass is 10.2. The number of rotatable bonds is 7. The molecular formula is C22H22N4O4S. The van der Waals surface area contributed by atoms with Crippen molar-refractivity contribution in [3.63, 3.8) is 0 Å². The van der Waals surface area contributed by atoms with Crippen molar-refractivity contribution in [3.8, 4) is 10.7 Å². The molecule has 0 atom stereocenters. The summed E-state index contributed by atoms with van der Waals surface area (Å²) in [7, 11) is 1.47. The first-order valence-electron chi connectivity index (χ1n) is 9.50. The van der Waals surface area contributed by atoms with Gasteiger partial charge in [0.25, 0.3) is 5.91 Å². The molecular weight excluding hydrogens is 416 g/mol. The van der Waals surface area contributed by atoms with Crippen LogP contribution in [0.15, 0.2) is 48.7 Å². The van der Waals surface area contributed by atoms with Crippen LogP contribution >= 0.6 is 11.3 Å². The third-order valence-electron chi connectivity index (χ3n) is 4.33. The monoisotopic (exact) mass is 438 g/mol. The number of hydrogen-bond acceptors (Lipinski definition) is 7. The third-order valence-corrected chi connectivity index (χ3v) is 5.49. The Bertz CT molecular complexity index is 1080. The number of esters is 1. The van der Waals surface area contributed by atoms with E-state index in [0.29, 0.717) is 27.0 Å². The summed E-state index contributed by atoms with van der Waals surface area (Å²) in [5.41, 5.74) is 2.89. The number of aryl methyl sites for hydroxylation is 2. The molecule has 3 rings (SSSR count). The standard InChI is InChI=1S/C22H22N4O4S/c1-14-7-9-16(10-8-14)25-18(27)12-26(3)19(28)13-30-22(29)20-15(2)24-21(31-20)17-6-4-5-11-23-17/h4-11H,12-13H2,1-3H3,(H,25,27). The second kappa shape index (κ2) is 9.94. The quantitative estimate of drug-likeness (QED) is 0.569. The molecule has 3 aromatic rings. The highest BCUT2D eigenvalue weighted by atomic mass is 32.1. The molecule has 0 spiro atoms. The zero-order valence-electron chi connectivity index (χ0n) is 17.4. The lowest BCUT2D eigenvalue weighted by Crippen LogP contribution is -2.37. The van der Waals surface area contributed by atoms with Gasteiger partial charge in [0, 0.05) is 18.9 Å². The Labute approximate surface area is 183 Å². The van der Waals surface area contributed by atoms with E-state index >= 15 is 0 Å². The minimum atomic E-state index is -0.636. The van der Waals surface area contributed by atoms with Crippen LogP contribution in [0.25, 0.3) is 10.7 Å².